The fourth-order valence-corrected chi connectivity index (χ4v) is 4.24. The second-order valence-corrected chi connectivity index (χ2v) is 10.9. The molecule has 0 spiro atoms. The Bertz CT molecular complexity index is 1040. The molecule has 8 heteroatoms. The molecule has 0 fully saturated rings. The Morgan fingerprint density at radius 3 is 1.77 bits per heavy atom. The Hall–Kier alpha value is -2.06. The molecule has 2 N–H and O–H groups in total. The molecule has 0 aromatic heterocycles. The van der Waals surface area contributed by atoms with Crippen LogP contribution >= 0.6 is 0 Å². The van der Waals surface area contributed by atoms with E-state index in [1.807, 2.05) is 0 Å². The molecule has 0 saturated heterocycles. The van der Waals surface area contributed by atoms with E-state index in [0.717, 1.165) is 12.1 Å². The zero-order valence-electron chi connectivity index (χ0n) is 17.8. The van der Waals surface area contributed by atoms with Gasteiger partial charge in [-0.25, -0.2) is 0 Å². The van der Waals surface area contributed by atoms with E-state index in [1.54, 1.807) is 41.5 Å². The Morgan fingerprint density at radius 1 is 0.900 bits per heavy atom. The molecule has 0 radical (unpaired) electrons. The largest absolute Gasteiger partial charge is 0.507 e. The zero-order valence-corrected chi connectivity index (χ0v) is 18.7. The molecule has 2 aromatic carbocycles. The summed E-state index contributed by atoms with van der Waals surface area (Å²) in [5.74, 6) is -0.0793. The summed E-state index contributed by atoms with van der Waals surface area (Å²) in [5, 5.41) is 11.0. The molecule has 0 heterocycles. The second kappa shape index (κ2) is 7.57. The SMILES string of the molecule is CC(C)(C)c1cc(S(=O)(=O)O)c(Cc2ccc(C(F)(F)F)cc2)c(C(C)(C)C)c1O. The molecular weight excluding hydrogens is 417 g/mol. The average molecular weight is 445 g/mol. The van der Waals surface area contributed by atoms with E-state index in [4.69, 9.17) is 0 Å². The summed E-state index contributed by atoms with van der Waals surface area (Å²) in [6.07, 6.45) is -4.56. The summed E-state index contributed by atoms with van der Waals surface area (Å²) in [6, 6.07) is 5.61. The minimum absolute atomic E-state index is 0.0716. The number of aromatic hydroxyl groups is 1. The Labute approximate surface area is 175 Å². The van der Waals surface area contributed by atoms with Gasteiger partial charge < -0.3 is 5.11 Å². The molecule has 0 amide bonds. The predicted molar refractivity (Wildman–Crippen MR) is 110 cm³/mol. The van der Waals surface area contributed by atoms with Crippen molar-refractivity contribution in [3.63, 3.8) is 0 Å². The van der Waals surface area contributed by atoms with Gasteiger partial charge in [-0.1, -0.05) is 53.7 Å². The van der Waals surface area contributed by atoms with Crippen LogP contribution in [0.3, 0.4) is 0 Å². The summed E-state index contributed by atoms with van der Waals surface area (Å²) < 4.78 is 72.9. The lowest BCUT2D eigenvalue weighted by molar-refractivity contribution is -0.137. The third-order valence-electron chi connectivity index (χ3n) is 4.86. The van der Waals surface area contributed by atoms with Crippen LogP contribution in [0.4, 0.5) is 13.2 Å². The van der Waals surface area contributed by atoms with E-state index in [1.165, 1.54) is 18.2 Å². The van der Waals surface area contributed by atoms with Gasteiger partial charge in [0.1, 0.15) is 5.75 Å². The van der Waals surface area contributed by atoms with Gasteiger partial charge in [0, 0.05) is 11.1 Å². The molecule has 4 nitrogen and oxygen atoms in total. The summed E-state index contributed by atoms with van der Waals surface area (Å²) in [7, 11) is -4.66. The number of hydrogen-bond donors (Lipinski definition) is 2. The highest BCUT2D eigenvalue weighted by atomic mass is 32.2. The minimum atomic E-state index is -4.66. The van der Waals surface area contributed by atoms with Gasteiger partial charge in [0.15, 0.2) is 0 Å². The number of phenols is 1. The van der Waals surface area contributed by atoms with Gasteiger partial charge >= 0.3 is 6.18 Å². The molecule has 0 aliphatic carbocycles. The van der Waals surface area contributed by atoms with Crippen molar-refractivity contribution < 1.29 is 31.2 Å². The van der Waals surface area contributed by atoms with Crippen LogP contribution in [0.2, 0.25) is 0 Å². The van der Waals surface area contributed by atoms with Crippen molar-refractivity contribution in [2.24, 2.45) is 0 Å². The van der Waals surface area contributed by atoms with Crippen molar-refractivity contribution in [3.8, 4) is 5.75 Å². The zero-order chi connectivity index (χ0) is 23.3. The molecule has 0 saturated carbocycles. The monoisotopic (exact) mass is 444 g/mol. The molecule has 0 bridgehead atoms. The van der Waals surface area contributed by atoms with Crippen LogP contribution in [-0.4, -0.2) is 18.1 Å². The van der Waals surface area contributed by atoms with Crippen LogP contribution in [0.1, 0.15) is 69.4 Å². The van der Waals surface area contributed by atoms with Crippen molar-refractivity contribution in [2.75, 3.05) is 0 Å². The van der Waals surface area contributed by atoms with Crippen molar-refractivity contribution in [1.29, 1.82) is 0 Å². The molecule has 2 aromatic rings. The normalized spacial score (nSPS) is 13.5. The highest BCUT2D eigenvalue weighted by Gasteiger charge is 2.34. The van der Waals surface area contributed by atoms with Gasteiger partial charge in [0.05, 0.1) is 10.5 Å². The first-order valence-corrected chi connectivity index (χ1v) is 10.8. The van der Waals surface area contributed by atoms with Crippen molar-refractivity contribution in [2.45, 2.75) is 69.9 Å². The summed E-state index contributed by atoms with van der Waals surface area (Å²) in [5.41, 5.74) is -0.860. The predicted octanol–water partition coefficient (Wildman–Crippen LogP) is 5.84. The van der Waals surface area contributed by atoms with Crippen molar-refractivity contribution in [3.05, 3.63) is 58.1 Å². The number of halogens is 3. The third kappa shape index (κ3) is 5.16. The number of benzene rings is 2. The second-order valence-electron chi connectivity index (χ2n) is 9.47. The molecule has 2 rings (SSSR count). The van der Waals surface area contributed by atoms with Crippen LogP contribution in [0.15, 0.2) is 35.2 Å². The highest BCUT2D eigenvalue weighted by molar-refractivity contribution is 7.85. The van der Waals surface area contributed by atoms with E-state index < -0.39 is 32.7 Å². The quantitative estimate of drug-likeness (QED) is 0.583. The fourth-order valence-electron chi connectivity index (χ4n) is 3.49. The number of phenolic OH excluding ortho intramolecular Hbond substituents is 1. The number of alkyl halides is 3. The standard InChI is InChI=1S/C22H27F3O4S/c1-20(2,3)16-12-17(30(27,28)29)15(18(19(16)26)21(4,5)6)11-13-7-9-14(10-8-13)22(23,24)25/h7-10,12,26H,11H2,1-6H3,(H,27,28,29). The van der Waals surface area contributed by atoms with Crippen molar-refractivity contribution >= 4 is 10.1 Å². The molecule has 0 atom stereocenters. The Kier molecular flexibility index (Phi) is 6.11. The van der Waals surface area contributed by atoms with E-state index in [2.05, 4.69) is 0 Å². The minimum Gasteiger partial charge on any atom is -0.507 e. The van der Waals surface area contributed by atoms with Crippen LogP contribution < -0.4 is 0 Å². The van der Waals surface area contributed by atoms with Gasteiger partial charge in [0.2, 0.25) is 0 Å². The van der Waals surface area contributed by atoms with Crippen LogP contribution in [0, 0.1) is 0 Å². The highest BCUT2D eigenvalue weighted by Crippen LogP contribution is 2.44. The van der Waals surface area contributed by atoms with Gasteiger partial charge in [-0.05, 0) is 46.6 Å². The van der Waals surface area contributed by atoms with E-state index in [0.29, 0.717) is 16.7 Å². The maximum atomic E-state index is 12.9. The summed E-state index contributed by atoms with van der Waals surface area (Å²) in [6.45, 7) is 10.8. The van der Waals surface area contributed by atoms with E-state index in [-0.39, 0.29) is 22.6 Å². The first-order chi connectivity index (χ1) is 13.3. The van der Waals surface area contributed by atoms with Gasteiger partial charge in [-0.3, -0.25) is 4.55 Å². The first-order valence-electron chi connectivity index (χ1n) is 9.37. The maximum Gasteiger partial charge on any atom is 0.416 e. The van der Waals surface area contributed by atoms with Crippen molar-refractivity contribution in [1.82, 2.24) is 0 Å². The van der Waals surface area contributed by atoms with E-state index >= 15 is 0 Å². The lowest BCUT2D eigenvalue weighted by Crippen LogP contribution is -2.22. The summed E-state index contributed by atoms with van der Waals surface area (Å²) in [4.78, 5) is -0.352. The molecule has 0 unspecified atom stereocenters. The van der Waals surface area contributed by atoms with Crippen LogP contribution in [0.25, 0.3) is 0 Å². The topological polar surface area (TPSA) is 74.6 Å². The maximum absolute atomic E-state index is 12.9. The number of hydrogen-bond acceptors (Lipinski definition) is 3. The number of rotatable bonds is 3. The van der Waals surface area contributed by atoms with Crippen LogP contribution in [0.5, 0.6) is 5.75 Å². The Balaban J connectivity index is 2.81. The van der Waals surface area contributed by atoms with Gasteiger partial charge in [0.25, 0.3) is 10.1 Å². The molecule has 166 valence electrons. The first kappa shape index (κ1) is 24.2. The molecule has 0 aliphatic rings. The van der Waals surface area contributed by atoms with Gasteiger partial charge in [-0.2, -0.15) is 21.6 Å². The summed E-state index contributed by atoms with van der Waals surface area (Å²) >= 11 is 0. The van der Waals surface area contributed by atoms with E-state index in [9.17, 15) is 31.2 Å². The fraction of sp³-hybridized carbons (Fsp3) is 0.455. The van der Waals surface area contributed by atoms with Gasteiger partial charge in [-0.15, -0.1) is 0 Å². The lowest BCUT2D eigenvalue weighted by atomic mass is 9.76. The third-order valence-corrected chi connectivity index (χ3v) is 5.78. The average Bonchev–Trinajstić information content (AvgIpc) is 2.50. The molecule has 0 aliphatic heterocycles. The molecular formula is C22H27F3O4S. The van der Waals surface area contributed by atoms with Crippen LogP contribution in [-0.2, 0) is 33.5 Å². The lowest BCUT2D eigenvalue weighted by Gasteiger charge is -2.31. The smallest absolute Gasteiger partial charge is 0.416 e. The molecule has 30 heavy (non-hydrogen) atoms. The Morgan fingerprint density at radius 2 is 1.40 bits per heavy atom.